The number of aromatic nitrogens is 2. The van der Waals surface area contributed by atoms with Crippen LogP contribution in [0.4, 0.5) is 5.69 Å². The second-order valence-corrected chi connectivity index (χ2v) is 4.69. The van der Waals surface area contributed by atoms with Gasteiger partial charge in [0.2, 0.25) is 5.88 Å². The molecule has 8 heteroatoms. The van der Waals surface area contributed by atoms with E-state index in [4.69, 9.17) is 16.3 Å². The van der Waals surface area contributed by atoms with Gasteiger partial charge in [-0.05, 0) is 28.9 Å². The van der Waals surface area contributed by atoms with Crippen LogP contribution in [-0.2, 0) is 0 Å². The summed E-state index contributed by atoms with van der Waals surface area (Å²) in [6.07, 6.45) is 1.26. The van der Waals surface area contributed by atoms with Crippen LogP contribution in [0.25, 0.3) is 0 Å². The zero-order valence-electron chi connectivity index (χ0n) is 9.63. The number of hydrogen-bond acceptors (Lipinski definition) is 5. The first kappa shape index (κ1) is 13.7. The molecule has 0 N–H and O–H groups in total. The van der Waals surface area contributed by atoms with Gasteiger partial charge in [0.25, 0.3) is 5.69 Å². The van der Waals surface area contributed by atoms with Gasteiger partial charge in [0.1, 0.15) is 16.0 Å². The summed E-state index contributed by atoms with van der Waals surface area (Å²) in [6, 6.07) is 4.49. The Balaban J connectivity index is 2.42. The Morgan fingerprint density at radius 1 is 1.42 bits per heavy atom. The molecule has 0 amide bonds. The van der Waals surface area contributed by atoms with E-state index in [2.05, 4.69) is 25.9 Å². The SMILES string of the molecule is Cc1c(Cl)ncnc1Oc1cccc([N+](=O)[O-])c1Br. The van der Waals surface area contributed by atoms with Gasteiger partial charge in [-0.15, -0.1) is 0 Å². The van der Waals surface area contributed by atoms with Gasteiger partial charge in [0.15, 0.2) is 5.75 Å². The van der Waals surface area contributed by atoms with E-state index in [1.165, 1.54) is 18.5 Å². The minimum atomic E-state index is -0.503. The van der Waals surface area contributed by atoms with Crippen molar-refractivity contribution in [2.75, 3.05) is 0 Å². The molecule has 0 unspecified atom stereocenters. The lowest BCUT2D eigenvalue weighted by Gasteiger charge is -2.09. The summed E-state index contributed by atoms with van der Waals surface area (Å²) in [4.78, 5) is 18.1. The van der Waals surface area contributed by atoms with E-state index in [1.54, 1.807) is 13.0 Å². The summed E-state index contributed by atoms with van der Waals surface area (Å²) < 4.78 is 5.77. The summed E-state index contributed by atoms with van der Waals surface area (Å²) in [7, 11) is 0. The number of nitro benzene ring substituents is 1. The fourth-order valence-electron chi connectivity index (χ4n) is 1.34. The molecule has 1 aromatic heterocycles. The molecule has 0 saturated heterocycles. The first-order valence-corrected chi connectivity index (χ1v) is 6.25. The van der Waals surface area contributed by atoms with Crippen LogP contribution in [0, 0.1) is 17.0 Å². The van der Waals surface area contributed by atoms with Gasteiger partial charge in [-0.25, -0.2) is 9.97 Å². The Hall–Kier alpha value is -1.73. The fourth-order valence-corrected chi connectivity index (χ4v) is 1.95. The highest BCUT2D eigenvalue weighted by molar-refractivity contribution is 9.10. The summed E-state index contributed by atoms with van der Waals surface area (Å²) in [6.45, 7) is 1.70. The number of benzene rings is 1. The average molecular weight is 345 g/mol. The topological polar surface area (TPSA) is 78.2 Å². The summed E-state index contributed by atoms with van der Waals surface area (Å²) in [5.41, 5.74) is 0.470. The largest absolute Gasteiger partial charge is 0.437 e. The molecule has 2 rings (SSSR count). The minimum Gasteiger partial charge on any atom is -0.437 e. The molecule has 19 heavy (non-hydrogen) atoms. The molecule has 98 valence electrons. The van der Waals surface area contributed by atoms with Gasteiger partial charge >= 0.3 is 0 Å². The highest BCUT2D eigenvalue weighted by atomic mass is 79.9. The highest BCUT2D eigenvalue weighted by Gasteiger charge is 2.17. The van der Waals surface area contributed by atoms with Crippen LogP contribution in [0.3, 0.4) is 0 Å². The van der Waals surface area contributed by atoms with Crippen LogP contribution in [0.2, 0.25) is 5.15 Å². The molecule has 0 aliphatic carbocycles. The van der Waals surface area contributed by atoms with Crippen molar-refractivity contribution in [2.45, 2.75) is 6.92 Å². The molecule has 1 heterocycles. The van der Waals surface area contributed by atoms with Crippen molar-refractivity contribution < 1.29 is 9.66 Å². The third-order valence-corrected chi connectivity index (χ3v) is 3.50. The third-order valence-electron chi connectivity index (χ3n) is 2.32. The van der Waals surface area contributed by atoms with Crippen molar-refractivity contribution >= 4 is 33.2 Å². The van der Waals surface area contributed by atoms with E-state index < -0.39 is 4.92 Å². The molecule has 0 bridgehead atoms. The van der Waals surface area contributed by atoms with Gasteiger partial charge in [-0.2, -0.15) is 0 Å². The third kappa shape index (κ3) is 2.82. The second kappa shape index (κ2) is 5.50. The van der Waals surface area contributed by atoms with Crippen LogP contribution >= 0.6 is 27.5 Å². The summed E-state index contributed by atoms with van der Waals surface area (Å²) in [5.74, 6) is 0.535. The molecule has 0 spiro atoms. The van der Waals surface area contributed by atoms with Crippen LogP contribution in [-0.4, -0.2) is 14.9 Å². The lowest BCUT2D eigenvalue weighted by molar-refractivity contribution is -0.385. The molecule has 0 atom stereocenters. The summed E-state index contributed by atoms with van der Waals surface area (Å²) in [5, 5.41) is 11.1. The lowest BCUT2D eigenvalue weighted by Crippen LogP contribution is -1.96. The number of ether oxygens (including phenoxy) is 1. The molecular weight excluding hydrogens is 337 g/mol. The van der Waals surface area contributed by atoms with Gasteiger partial charge in [-0.1, -0.05) is 17.7 Å². The maximum absolute atomic E-state index is 10.8. The van der Waals surface area contributed by atoms with Crippen LogP contribution in [0.15, 0.2) is 29.0 Å². The first-order valence-electron chi connectivity index (χ1n) is 5.08. The monoisotopic (exact) mass is 343 g/mol. The Morgan fingerprint density at radius 2 is 2.16 bits per heavy atom. The molecule has 1 aromatic carbocycles. The number of halogens is 2. The Labute approximate surface area is 121 Å². The van der Waals surface area contributed by atoms with Crippen molar-refractivity contribution in [3.8, 4) is 11.6 Å². The number of rotatable bonds is 3. The molecule has 0 saturated carbocycles. The van der Waals surface area contributed by atoms with Gasteiger partial charge < -0.3 is 4.74 Å². The predicted octanol–water partition coefficient (Wildman–Crippen LogP) is 3.90. The smallest absolute Gasteiger partial charge is 0.287 e. The quantitative estimate of drug-likeness (QED) is 0.479. The average Bonchev–Trinajstić information content (AvgIpc) is 2.37. The normalized spacial score (nSPS) is 10.3. The Kier molecular flexibility index (Phi) is 3.96. The zero-order chi connectivity index (χ0) is 14.0. The molecule has 0 radical (unpaired) electrons. The van der Waals surface area contributed by atoms with E-state index in [0.717, 1.165) is 0 Å². The van der Waals surface area contributed by atoms with E-state index in [-0.39, 0.29) is 26.9 Å². The maximum Gasteiger partial charge on any atom is 0.287 e. The molecule has 6 nitrogen and oxygen atoms in total. The first-order chi connectivity index (χ1) is 9.00. The maximum atomic E-state index is 10.8. The van der Waals surface area contributed by atoms with Gasteiger partial charge in [0.05, 0.1) is 4.92 Å². The van der Waals surface area contributed by atoms with Crippen molar-refractivity contribution in [1.29, 1.82) is 0 Å². The highest BCUT2D eigenvalue weighted by Crippen LogP contribution is 2.37. The van der Waals surface area contributed by atoms with Crippen LogP contribution in [0.5, 0.6) is 11.6 Å². The van der Waals surface area contributed by atoms with Gasteiger partial charge in [-0.3, -0.25) is 10.1 Å². The molecule has 0 aliphatic heterocycles. The van der Waals surface area contributed by atoms with Crippen molar-refractivity contribution in [1.82, 2.24) is 9.97 Å². The number of nitro groups is 1. The van der Waals surface area contributed by atoms with Crippen molar-refractivity contribution in [2.24, 2.45) is 0 Å². The molecular formula is C11H7BrClN3O3. The van der Waals surface area contributed by atoms with Gasteiger partial charge in [0, 0.05) is 11.6 Å². The van der Waals surface area contributed by atoms with Crippen molar-refractivity contribution in [3.05, 3.63) is 49.8 Å². The Bertz CT molecular complexity index is 651. The minimum absolute atomic E-state index is 0.0877. The van der Waals surface area contributed by atoms with E-state index >= 15 is 0 Å². The Morgan fingerprint density at radius 3 is 2.84 bits per heavy atom. The number of hydrogen-bond donors (Lipinski definition) is 0. The fraction of sp³-hybridized carbons (Fsp3) is 0.0909. The number of nitrogens with zero attached hydrogens (tertiary/aromatic N) is 3. The molecule has 0 aliphatic rings. The predicted molar refractivity (Wildman–Crippen MR) is 72.6 cm³/mol. The molecule has 2 aromatic rings. The van der Waals surface area contributed by atoms with Crippen molar-refractivity contribution in [3.63, 3.8) is 0 Å². The van der Waals surface area contributed by atoms with E-state index in [1.807, 2.05) is 0 Å². The second-order valence-electron chi connectivity index (χ2n) is 3.54. The standard InChI is InChI=1S/C11H7BrClN3O3/c1-6-10(13)14-5-15-11(6)19-8-4-2-3-7(9(8)12)16(17)18/h2-5H,1H3. The molecule has 0 fully saturated rings. The van der Waals surface area contributed by atoms with Crippen LogP contribution < -0.4 is 4.74 Å². The van der Waals surface area contributed by atoms with E-state index in [9.17, 15) is 10.1 Å². The lowest BCUT2D eigenvalue weighted by atomic mass is 10.3. The zero-order valence-corrected chi connectivity index (χ0v) is 12.0. The summed E-state index contributed by atoms with van der Waals surface area (Å²) >= 11 is 8.99. The van der Waals surface area contributed by atoms with Crippen LogP contribution in [0.1, 0.15) is 5.56 Å². The van der Waals surface area contributed by atoms with E-state index in [0.29, 0.717) is 5.56 Å².